The predicted molar refractivity (Wildman–Crippen MR) is 75.6 cm³/mol. The number of aromatic nitrogens is 2. The third kappa shape index (κ3) is 2.39. The SMILES string of the molecule is Cn1ccnc1CC(N)c1cc2ccc(F)cc2s1. The van der Waals surface area contributed by atoms with Gasteiger partial charge in [-0.05, 0) is 23.6 Å². The van der Waals surface area contributed by atoms with Crippen molar-refractivity contribution in [2.45, 2.75) is 12.5 Å². The molecular weight excluding hydrogens is 261 g/mol. The third-order valence-electron chi connectivity index (χ3n) is 3.19. The zero-order valence-corrected chi connectivity index (χ0v) is 11.3. The number of halogens is 1. The van der Waals surface area contributed by atoms with E-state index in [2.05, 4.69) is 4.98 Å². The van der Waals surface area contributed by atoms with Gasteiger partial charge in [-0.1, -0.05) is 6.07 Å². The molecule has 3 rings (SSSR count). The van der Waals surface area contributed by atoms with Gasteiger partial charge in [-0.15, -0.1) is 11.3 Å². The number of hydrogen-bond acceptors (Lipinski definition) is 3. The molecule has 0 radical (unpaired) electrons. The molecule has 3 aromatic rings. The van der Waals surface area contributed by atoms with Gasteiger partial charge in [0.05, 0.1) is 0 Å². The largest absolute Gasteiger partial charge is 0.338 e. The molecule has 98 valence electrons. The lowest BCUT2D eigenvalue weighted by Crippen LogP contribution is -2.14. The molecule has 1 atom stereocenters. The minimum Gasteiger partial charge on any atom is -0.338 e. The molecule has 0 saturated heterocycles. The summed E-state index contributed by atoms with van der Waals surface area (Å²) in [4.78, 5) is 5.34. The highest BCUT2D eigenvalue weighted by Gasteiger charge is 2.13. The number of fused-ring (bicyclic) bond motifs is 1. The Balaban J connectivity index is 1.89. The van der Waals surface area contributed by atoms with E-state index >= 15 is 0 Å². The monoisotopic (exact) mass is 275 g/mol. The molecule has 1 unspecified atom stereocenters. The second-order valence-electron chi connectivity index (χ2n) is 4.60. The molecule has 3 nitrogen and oxygen atoms in total. The van der Waals surface area contributed by atoms with Crippen molar-refractivity contribution in [3.8, 4) is 0 Å². The summed E-state index contributed by atoms with van der Waals surface area (Å²) in [5, 5.41) is 1.04. The van der Waals surface area contributed by atoms with E-state index in [1.807, 2.05) is 23.9 Å². The molecule has 0 aliphatic rings. The van der Waals surface area contributed by atoms with Gasteiger partial charge in [-0.25, -0.2) is 9.37 Å². The Morgan fingerprint density at radius 1 is 1.42 bits per heavy atom. The van der Waals surface area contributed by atoms with Crippen LogP contribution in [-0.2, 0) is 13.5 Å². The van der Waals surface area contributed by atoms with Crippen LogP contribution in [0.5, 0.6) is 0 Å². The summed E-state index contributed by atoms with van der Waals surface area (Å²) in [5.74, 6) is 0.745. The maximum absolute atomic E-state index is 13.2. The van der Waals surface area contributed by atoms with Crippen LogP contribution >= 0.6 is 11.3 Å². The van der Waals surface area contributed by atoms with Gasteiger partial charge in [0, 0.05) is 41.5 Å². The van der Waals surface area contributed by atoms with Crippen LogP contribution < -0.4 is 5.73 Å². The molecule has 0 bridgehead atoms. The van der Waals surface area contributed by atoms with Crippen LogP contribution in [-0.4, -0.2) is 9.55 Å². The number of nitrogens with two attached hydrogens (primary N) is 1. The molecular formula is C14H14FN3S. The molecule has 0 spiro atoms. The molecule has 2 aromatic heterocycles. The normalized spacial score (nSPS) is 13.0. The van der Waals surface area contributed by atoms with Crippen LogP contribution in [0.3, 0.4) is 0 Å². The lowest BCUT2D eigenvalue weighted by atomic mass is 10.1. The van der Waals surface area contributed by atoms with Crippen molar-refractivity contribution < 1.29 is 4.39 Å². The molecule has 2 N–H and O–H groups in total. The van der Waals surface area contributed by atoms with Crippen molar-refractivity contribution >= 4 is 21.4 Å². The third-order valence-corrected chi connectivity index (χ3v) is 4.42. The zero-order chi connectivity index (χ0) is 13.4. The van der Waals surface area contributed by atoms with Gasteiger partial charge < -0.3 is 10.3 Å². The Labute approximate surface area is 114 Å². The summed E-state index contributed by atoms with van der Waals surface area (Å²) in [6.45, 7) is 0. The van der Waals surface area contributed by atoms with Gasteiger partial charge >= 0.3 is 0 Å². The van der Waals surface area contributed by atoms with Crippen LogP contribution in [0.4, 0.5) is 4.39 Å². The first kappa shape index (κ1) is 12.3. The quantitative estimate of drug-likeness (QED) is 0.798. The number of nitrogens with zero attached hydrogens (tertiary/aromatic N) is 2. The van der Waals surface area contributed by atoms with Crippen molar-refractivity contribution in [2.24, 2.45) is 12.8 Å². The fraction of sp³-hybridized carbons (Fsp3) is 0.214. The number of aryl methyl sites for hydroxylation is 1. The van der Waals surface area contributed by atoms with Crippen LogP contribution in [0, 0.1) is 5.82 Å². The Morgan fingerprint density at radius 3 is 3.00 bits per heavy atom. The fourth-order valence-corrected chi connectivity index (χ4v) is 3.19. The topological polar surface area (TPSA) is 43.8 Å². The second kappa shape index (κ2) is 4.75. The Morgan fingerprint density at radius 2 is 2.26 bits per heavy atom. The molecule has 5 heteroatoms. The number of imidazole rings is 1. The highest BCUT2D eigenvalue weighted by molar-refractivity contribution is 7.19. The Bertz CT molecular complexity index is 716. The molecule has 0 saturated carbocycles. The molecule has 1 aromatic carbocycles. The fourth-order valence-electron chi connectivity index (χ4n) is 2.10. The summed E-state index contributed by atoms with van der Waals surface area (Å²) in [5.41, 5.74) is 6.22. The van der Waals surface area contributed by atoms with Gasteiger partial charge in [0.25, 0.3) is 0 Å². The predicted octanol–water partition coefficient (Wildman–Crippen LogP) is 3.02. The van der Waals surface area contributed by atoms with Gasteiger partial charge in [-0.3, -0.25) is 0 Å². The molecule has 0 aliphatic carbocycles. The van der Waals surface area contributed by atoms with E-state index in [-0.39, 0.29) is 11.9 Å². The first-order chi connectivity index (χ1) is 9.13. The van der Waals surface area contributed by atoms with Gasteiger partial charge in [-0.2, -0.15) is 0 Å². The summed E-state index contributed by atoms with van der Waals surface area (Å²) in [6.07, 6.45) is 4.35. The molecule has 0 fully saturated rings. The molecule has 2 heterocycles. The highest BCUT2D eigenvalue weighted by atomic mass is 32.1. The van der Waals surface area contributed by atoms with E-state index in [4.69, 9.17) is 5.73 Å². The van der Waals surface area contributed by atoms with Crippen LogP contribution in [0.15, 0.2) is 36.7 Å². The number of benzene rings is 1. The average Bonchev–Trinajstić information content (AvgIpc) is 2.96. The second-order valence-corrected chi connectivity index (χ2v) is 5.71. The van der Waals surface area contributed by atoms with E-state index < -0.39 is 0 Å². The van der Waals surface area contributed by atoms with Crippen molar-refractivity contribution in [1.82, 2.24) is 9.55 Å². The van der Waals surface area contributed by atoms with Gasteiger partial charge in [0.2, 0.25) is 0 Å². The van der Waals surface area contributed by atoms with Gasteiger partial charge in [0.1, 0.15) is 11.6 Å². The number of hydrogen-bond donors (Lipinski definition) is 1. The van der Waals surface area contributed by atoms with Crippen LogP contribution in [0.1, 0.15) is 16.7 Å². The lowest BCUT2D eigenvalue weighted by molar-refractivity contribution is 0.630. The summed E-state index contributed by atoms with van der Waals surface area (Å²) in [6, 6.07) is 6.74. The van der Waals surface area contributed by atoms with Crippen LogP contribution in [0.25, 0.3) is 10.1 Å². The maximum atomic E-state index is 13.2. The van der Waals surface area contributed by atoms with E-state index in [0.29, 0.717) is 6.42 Å². The molecule has 0 amide bonds. The van der Waals surface area contributed by atoms with E-state index in [0.717, 1.165) is 20.8 Å². The zero-order valence-electron chi connectivity index (χ0n) is 10.5. The van der Waals surface area contributed by atoms with Crippen molar-refractivity contribution in [2.75, 3.05) is 0 Å². The molecule has 0 aliphatic heterocycles. The minimum absolute atomic E-state index is 0.110. The average molecular weight is 275 g/mol. The Hall–Kier alpha value is -1.72. The van der Waals surface area contributed by atoms with Crippen molar-refractivity contribution in [3.63, 3.8) is 0 Å². The number of thiophene rings is 1. The van der Waals surface area contributed by atoms with E-state index in [1.165, 1.54) is 6.07 Å². The Kier molecular flexibility index (Phi) is 3.08. The van der Waals surface area contributed by atoms with Crippen molar-refractivity contribution in [3.05, 3.63) is 53.2 Å². The number of rotatable bonds is 3. The molecule has 19 heavy (non-hydrogen) atoms. The smallest absolute Gasteiger partial charge is 0.124 e. The minimum atomic E-state index is -0.210. The summed E-state index contributed by atoms with van der Waals surface area (Å²) < 4.78 is 16.1. The lowest BCUT2D eigenvalue weighted by Gasteiger charge is -2.08. The van der Waals surface area contributed by atoms with Crippen LogP contribution in [0.2, 0.25) is 0 Å². The summed E-state index contributed by atoms with van der Waals surface area (Å²) >= 11 is 1.55. The first-order valence-corrected chi connectivity index (χ1v) is 6.86. The maximum Gasteiger partial charge on any atom is 0.124 e. The standard InChI is InChI=1S/C14H14FN3S/c1-18-5-4-17-14(18)8-11(16)13-6-9-2-3-10(15)7-12(9)19-13/h2-7,11H,8,16H2,1H3. The highest BCUT2D eigenvalue weighted by Crippen LogP contribution is 2.30. The summed E-state index contributed by atoms with van der Waals surface area (Å²) in [7, 11) is 1.95. The van der Waals surface area contributed by atoms with E-state index in [9.17, 15) is 4.39 Å². The van der Waals surface area contributed by atoms with Crippen molar-refractivity contribution in [1.29, 1.82) is 0 Å². The van der Waals surface area contributed by atoms with E-state index in [1.54, 1.807) is 29.7 Å². The first-order valence-electron chi connectivity index (χ1n) is 6.04. The van der Waals surface area contributed by atoms with Gasteiger partial charge in [0.15, 0.2) is 0 Å².